The van der Waals surface area contributed by atoms with E-state index < -0.39 is 10.0 Å². The highest BCUT2D eigenvalue weighted by molar-refractivity contribution is 7.89. The number of piperidine rings is 1. The Morgan fingerprint density at radius 1 is 1.37 bits per heavy atom. The highest BCUT2D eigenvalue weighted by atomic mass is 35.5. The average molecular weight is 304 g/mol. The number of nitrogens with zero attached hydrogens (tertiary/aromatic N) is 2. The van der Waals surface area contributed by atoms with Gasteiger partial charge in [0.2, 0.25) is 10.0 Å². The highest BCUT2D eigenvalue weighted by Gasteiger charge is 2.37. The van der Waals surface area contributed by atoms with Crippen LogP contribution < -0.4 is 5.32 Å². The molecule has 2 aliphatic heterocycles. The van der Waals surface area contributed by atoms with Crippen LogP contribution in [0, 0.1) is 5.92 Å². The van der Waals surface area contributed by atoms with Crippen molar-refractivity contribution < 1.29 is 8.42 Å². The van der Waals surface area contributed by atoms with Gasteiger partial charge in [0.05, 0.1) is 0 Å². The van der Waals surface area contributed by atoms with E-state index in [1.54, 1.807) is 22.6 Å². The number of aromatic nitrogens is 1. The van der Waals surface area contributed by atoms with Gasteiger partial charge in [-0.2, -0.15) is 4.31 Å². The molecule has 1 aromatic rings. The van der Waals surface area contributed by atoms with Crippen LogP contribution in [0.2, 0.25) is 0 Å². The lowest BCUT2D eigenvalue weighted by Crippen LogP contribution is -2.46. The van der Waals surface area contributed by atoms with Crippen molar-refractivity contribution >= 4 is 22.4 Å². The Balaban J connectivity index is 0.00000133. The minimum Gasteiger partial charge on any atom is -0.314 e. The zero-order chi connectivity index (χ0) is 12.6. The molecule has 19 heavy (non-hydrogen) atoms. The van der Waals surface area contributed by atoms with Gasteiger partial charge < -0.3 is 5.32 Å². The summed E-state index contributed by atoms with van der Waals surface area (Å²) in [6, 6.07) is 3.78. The van der Waals surface area contributed by atoms with Crippen molar-refractivity contribution in [3.8, 4) is 0 Å². The molecule has 2 aliphatic rings. The van der Waals surface area contributed by atoms with Gasteiger partial charge in [-0.1, -0.05) is 0 Å². The maximum atomic E-state index is 12.4. The van der Waals surface area contributed by atoms with E-state index >= 15 is 0 Å². The van der Waals surface area contributed by atoms with Gasteiger partial charge in [0, 0.05) is 31.5 Å². The van der Waals surface area contributed by atoms with Crippen LogP contribution in [-0.2, 0) is 10.0 Å². The van der Waals surface area contributed by atoms with E-state index in [0.717, 1.165) is 19.4 Å². The molecule has 2 unspecified atom stereocenters. The Morgan fingerprint density at radius 2 is 2.21 bits per heavy atom. The Bertz CT molecular complexity index is 523. The van der Waals surface area contributed by atoms with Crippen LogP contribution in [0.3, 0.4) is 0 Å². The van der Waals surface area contributed by atoms with E-state index in [-0.39, 0.29) is 12.4 Å². The molecule has 2 saturated heterocycles. The van der Waals surface area contributed by atoms with Crippen LogP contribution in [0.5, 0.6) is 0 Å². The van der Waals surface area contributed by atoms with Crippen LogP contribution in [0.15, 0.2) is 29.4 Å². The summed E-state index contributed by atoms with van der Waals surface area (Å²) in [5, 5.41) is 3.44. The molecule has 0 amide bonds. The van der Waals surface area contributed by atoms with Crippen LogP contribution in [0.25, 0.3) is 0 Å². The summed E-state index contributed by atoms with van der Waals surface area (Å²) in [6.45, 7) is 2.25. The highest BCUT2D eigenvalue weighted by Crippen LogP contribution is 2.28. The van der Waals surface area contributed by atoms with E-state index in [2.05, 4.69) is 10.3 Å². The number of hydrogen-bond acceptors (Lipinski definition) is 4. The average Bonchev–Trinajstić information content (AvgIpc) is 2.87. The fraction of sp³-hybridized carbons (Fsp3) is 0.583. The predicted octanol–water partition coefficient (Wildman–Crippen LogP) is 0.876. The second-order valence-electron chi connectivity index (χ2n) is 4.95. The summed E-state index contributed by atoms with van der Waals surface area (Å²) in [6.07, 6.45) is 4.99. The molecule has 1 N–H and O–H groups in total. The maximum Gasteiger partial charge on any atom is 0.244 e. The van der Waals surface area contributed by atoms with E-state index in [1.165, 1.54) is 6.20 Å². The van der Waals surface area contributed by atoms with Crippen molar-refractivity contribution in [2.75, 3.05) is 19.6 Å². The molecule has 0 bridgehead atoms. The molecule has 3 heterocycles. The molecule has 7 heteroatoms. The monoisotopic (exact) mass is 303 g/mol. The smallest absolute Gasteiger partial charge is 0.244 e. The Hall–Kier alpha value is -0.690. The largest absolute Gasteiger partial charge is 0.314 e. The Kier molecular flexibility index (Phi) is 4.45. The summed E-state index contributed by atoms with van der Waals surface area (Å²) < 4.78 is 26.5. The fourth-order valence-electron chi connectivity index (χ4n) is 2.88. The van der Waals surface area contributed by atoms with Crippen molar-refractivity contribution in [2.45, 2.75) is 23.8 Å². The predicted molar refractivity (Wildman–Crippen MR) is 74.8 cm³/mol. The summed E-state index contributed by atoms with van der Waals surface area (Å²) >= 11 is 0. The lowest BCUT2D eigenvalue weighted by atomic mass is 9.95. The lowest BCUT2D eigenvalue weighted by Gasteiger charge is -2.33. The van der Waals surface area contributed by atoms with Crippen LogP contribution in [0.4, 0.5) is 0 Å². The molecule has 0 spiro atoms. The maximum absolute atomic E-state index is 12.4. The zero-order valence-electron chi connectivity index (χ0n) is 10.5. The van der Waals surface area contributed by atoms with E-state index in [0.29, 0.717) is 29.9 Å². The standard InChI is InChI=1S/C12H17N3O2S.ClH/c16-18(17,11-2-1-5-13-8-11)15-7-4-12-10(9-15)3-6-14-12;/h1-2,5,8,10,12,14H,3-4,6-7,9H2;1H. The summed E-state index contributed by atoms with van der Waals surface area (Å²) in [5.74, 6) is 0.463. The minimum atomic E-state index is -3.36. The molecule has 2 fully saturated rings. The van der Waals surface area contributed by atoms with Gasteiger partial charge in [-0.05, 0) is 37.4 Å². The number of sulfonamides is 1. The van der Waals surface area contributed by atoms with Gasteiger partial charge in [0.15, 0.2) is 0 Å². The molecule has 106 valence electrons. The topological polar surface area (TPSA) is 62.3 Å². The van der Waals surface area contributed by atoms with E-state index in [1.807, 2.05) is 0 Å². The van der Waals surface area contributed by atoms with Crippen molar-refractivity contribution in [2.24, 2.45) is 5.92 Å². The molecular formula is C12H18ClN3O2S. The molecule has 2 atom stereocenters. The SMILES string of the molecule is Cl.O=S(=O)(c1cccnc1)N1CCC2NCCC2C1. The molecule has 1 aromatic heterocycles. The first-order valence-electron chi connectivity index (χ1n) is 6.31. The second-order valence-corrected chi connectivity index (χ2v) is 6.89. The first kappa shape index (κ1) is 14.7. The Labute approximate surface area is 119 Å². The van der Waals surface area contributed by atoms with E-state index in [9.17, 15) is 8.42 Å². The van der Waals surface area contributed by atoms with Gasteiger partial charge in [-0.3, -0.25) is 4.98 Å². The third-order valence-corrected chi connectivity index (χ3v) is 5.74. The van der Waals surface area contributed by atoms with Crippen LogP contribution in [-0.4, -0.2) is 43.4 Å². The van der Waals surface area contributed by atoms with Crippen molar-refractivity contribution in [3.05, 3.63) is 24.5 Å². The number of nitrogens with one attached hydrogen (secondary N) is 1. The van der Waals surface area contributed by atoms with Gasteiger partial charge in [0.25, 0.3) is 0 Å². The lowest BCUT2D eigenvalue weighted by molar-refractivity contribution is 0.247. The molecule has 5 nitrogen and oxygen atoms in total. The van der Waals surface area contributed by atoms with Gasteiger partial charge in [-0.25, -0.2) is 8.42 Å². The van der Waals surface area contributed by atoms with Gasteiger partial charge in [0.1, 0.15) is 4.90 Å². The first-order valence-corrected chi connectivity index (χ1v) is 7.75. The molecule has 0 aromatic carbocycles. The summed E-state index contributed by atoms with van der Waals surface area (Å²) in [4.78, 5) is 4.19. The number of pyridine rings is 1. The van der Waals surface area contributed by atoms with Gasteiger partial charge in [-0.15, -0.1) is 12.4 Å². The van der Waals surface area contributed by atoms with E-state index in [4.69, 9.17) is 0 Å². The first-order chi connectivity index (χ1) is 8.68. The quantitative estimate of drug-likeness (QED) is 0.881. The molecular weight excluding hydrogens is 286 g/mol. The number of fused-ring (bicyclic) bond motifs is 1. The van der Waals surface area contributed by atoms with Crippen LogP contribution in [0.1, 0.15) is 12.8 Å². The third kappa shape index (κ3) is 2.76. The molecule has 0 radical (unpaired) electrons. The van der Waals surface area contributed by atoms with Gasteiger partial charge >= 0.3 is 0 Å². The normalized spacial score (nSPS) is 27.6. The van der Waals surface area contributed by atoms with Crippen molar-refractivity contribution in [1.29, 1.82) is 0 Å². The number of halogens is 1. The zero-order valence-corrected chi connectivity index (χ0v) is 12.2. The number of hydrogen-bond donors (Lipinski definition) is 1. The van der Waals surface area contributed by atoms with Crippen molar-refractivity contribution in [3.63, 3.8) is 0 Å². The third-order valence-electron chi connectivity index (χ3n) is 3.89. The summed E-state index contributed by atoms with van der Waals surface area (Å²) in [7, 11) is -3.36. The summed E-state index contributed by atoms with van der Waals surface area (Å²) in [5.41, 5.74) is 0. The Morgan fingerprint density at radius 3 is 2.95 bits per heavy atom. The number of rotatable bonds is 2. The minimum absolute atomic E-state index is 0. The van der Waals surface area contributed by atoms with Crippen LogP contribution >= 0.6 is 12.4 Å². The molecule has 3 rings (SSSR count). The fourth-order valence-corrected chi connectivity index (χ4v) is 4.36. The second kappa shape index (κ2) is 5.75. The molecule has 0 saturated carbocycles. The van der Waals surface area contributed by atoms with Crippen molar-refractivity contribution in [1.82, 2.24) is 14.6 Å². The molecule has 0 aliphatic carbocycles.